The van der Waals surface area contributed by atoms with Crippen LogP contribution in [0.2, 0.25) is 0 Å². The third kappa shape index (κ3) is 7.16. The minimum atomic E-state index is -4.57. The van der Waals surface area contributed by atoms with Gasteiger partial charge in [0.25, 0.3) is 5.91 Å². The second kappa shape index (κ2) is 9.74. The van der Waals surface area contributed by atoms with Crippen molar-refractivity contribution in [1.29, 1.82) is 0 Å². The van der Waals surface area contributed by atoms with Crippen molar-refractivity contribution in [3.8, 4) is 5.75 Å². The van der Waals surface area contributed by atoms with Crippen molar-refractivity contribution in [2.75, 3.05) is 0 Å². The van der Waals surface area contributed by atoms with Gasteiger partial charge in [0.2, 0.25) is 4.80 Å². The molecule has 0 aliphatic rings. The fourth-order valence-electron chi connectivity index (χ4n) is 2.46. The summed E-state index contributed by atoms with van der Waals surface area (Å²) in [5.41, 5.74) is 0.910. The lowest BCUT2D eigenvalue weighted by molar-refractivity contribution is -0.137. The predicted octanol–water partition coefficient (Wildman–Crippen LogP) is 5.48. The molecule has 1 aromatic heterocycles. The molecule has 0 fully saturated rings. The van der Waals surface area contributed by atoms with Crippen LogP contribution in [0.25, 0.3) is 0 Å². The second-order valence-corrected chi connectivity index (χ2v) is 10.6. The Labute approximate surface area is 190 Å². The molecular weight excluding hydrogens is 441 g/mol. The minimum Gasteiger partial charge on any atom is -0.407 e. The van der Waals surface area contributed by atoms with Crippen molar-refractivity contribution in [3.63, 3.8) is 0 Å². The number of unbranched alkanes of at least 4 members (excludes halogenated alkanes) is 1. The van der Waals surface area contributed by atoms with Crippen molar-refractivity contribution in [3.05, 3.63) is 39.1 Å². The quantitative estimate of drug-likeness (QED) is 0.565. The van der Waals surface area contributed by atoms with Crippen LogP contribution in [-0.4, -0.2) is 21.2 Å². The largest absolute Gasteiger partial charge is 0.416 e. The summed E-state index contributed by atoms with van der Waals surface area (Å²) in [6.45, 7) is 14.0. The number of amides is 1. The molecule has 0 saturated heterocycles. The third-order valence-corrected chi connectivity index (χ3v) is 5.56. The van der Waals surface area contributed by atoms with Crippen LogP contribution < -0.4 is 15.1 Å². The number of carbonyl (C=O) groups is 1. The summed E-state index contributed by atoms with van der Waals surface area (Å²) in [5, 5.41) is 5.42. The Morgan fingerprint density at radius 3 is 2.38 bits per heavy atom. The van der Waals surface area contributed by atoms with Gasteiger partial charge in [0.1, 0.15) is 5.01 Å². The van der Waals surface area contributed by atoms with Crippen LogP contribution in [-0.2, 0) is 18.1 Å². The number of hydroxylamine groups is 1. The molecule has 1 amide bonds. The Morgan fingerprint density at radius 2 is 1.84 bits per heavy atom. The SMILES string of the molecule is CCCCn1nc(C(C)(C)C)s/c1=N\C(=O)c1ccc(C(F)(F)F)cc1ONC(C)(C)C. The highest BCUT2D eigenvalue weighted by molar-refractivity contribution is 7.09. The topological polar surface area (TPSA) is 68.5 Å². The number of hydrogen-bond acceptors (Lipinski definition) is 5. The Morgan fingerprint density at radius 1 is 1.19 bits per heavy atom. The molecule has 0 radical (unpaired) electrons. The van der Waals surface area contributed by atoms with E-state index < -0.39 is 23.2 Å². The Hall–Kier alpha value is -2.20. The fourth-order valence-corrected chi connectivity index (χ4v) is 3.45. The van der Waals surface area contributed by atoms with Crippen molar-refractivity contribution in [2.45, 2.75) is 85.0 Å². The van der Waals surface area contributed by atoms with Gasteiger partial charge >= 0.3 is 6.18 Å². The van der Waals surface area contributed by atoms with E-state index in [0.29, 0.717) is 11.3 Å². The number of benzene rings is 1. The summed E-state index contributed by atoms with van der Waals surface area (Å²) < 4.78 is 41.3. The molecule has 6 nitrogen and oxygen atoms in total. The van der Waals surface area contributed by atoms with Gasteiger partial charge in [0.15, 0.2) is 5.75 Å². The molecule has 10 heteroatoms. The zero-order chi connectivity index (χ0) is 24.3. The van der Waals surface area contributed by atoms with E-state index in [2.05, 4.69) is 15.6 Å². The molecule has 0 atom stereocenters. The first-order chi connectivity index (χ1) is 14.6. The third-order valence-electron chi connectivity index (χ3n) is 4.19. The van der Waals surface area contributed by atoms with Gasteiger partial charge in [-0.1, -0.05) is 45.5 Å². The summed E-state index contributed by atoms with van der Waals surface area (Å²) in [4.78, 5) is 23.0. The normalized spacial score (nSPS) is 13.5. The molecule has 0 bridgehead atoms. The standard InChI is InChI=1S/C22H31F3N4O2S/c1-8-9-12-29-19(32-18(27-29)20(2,3)4)26-17(30)15-11-10-14(22(23,24)25)13-16(15)31-28-21(5,6)7/h10-11,13,28H,8-9,12H2,1-7H3/b26-19-. The minimum absolute atomic E-state index is 0.0671. The van der Waals surface area contributed by atoms with E-state index in [-0.39, 0.29) is 16.7 Å². The number of carbonyl (C=O) groups excluding carboxylic acids is 1. The van der Waals surface area contributed by atoms with E-state index in [0.717, 1.165) is 36.0 Å². The van der Waals surface area contributed by atoms with Crippen molar-refractivity contribution in [2.24, 2.45) is 4.99 Å². The van der Waals surface area contributed by atoms with Crippen molar-refractivity contribution >= 4 is 17.2 Å². The van der Waals surface area contributed by atoms with Crippen LogP contribution in [0.1, 0.15) is 82.2 Å². The number of aromatic nitrogens is 2. The highest BCUT2D eigenvalue weighted by Crippen LogP contribution is 2.33. The van der Waals surface area contributed by atoms with Gasteiger partial charge in [0.05, 0.1) is 11.1 Å². The molecule has 1 aromatic carbocycles. The maximum absolute atomic E-state index is 13.2. The monoisotopic (exact) mass is 472 g/mol. The fraction of sp³-hybridized carbons (Fsp3) is 0.591. The van der Waals surface area contributed by atoms with E-state index in [9.17, 15) is 18.0 Å². The molecule has 1 N–H and O–H groups in total. The number of nitrogens with one attached hydrogen (secondary N) is 1. The first-order valence-electron chi connectivity index (χ1n) is 10.4. The molecule has 178 valence electrons. The highest BCUT2D eigenvalue weighted by atomic mass is 32.1. The Kier molecular flexibility index (Phi) is 7.93. The lowest BCUT2D eigenvalue weighted by atomic mass is 9.98. The van der Waals surface area contributed by atoms with Crippen LogP contribution in [0.3, 0.4) is 0 Å². The maximum Gasteiger partial charge on any atom is 0.416 e. The summed E-state index contributed by atoms with van der Waals surface area (Å²) in [6, 6.07) is 2.75. The number of aryl methyl sites for hydroxylation is 1. The van der Waals surface area contributed by atoms with Crippen LogP contribution in [0.4, 0.5) is 13.2 Å². The average Bonchev–Trinajstić information content (AvgIpc) is 3.06. The van der Waals surface area contributed by atoms with Gasteiger partial charge in [-0.05, 0) is 45.4 Å². The van der Waals surface area contributed by atoms with E-state index in [1.165, 1.54) is 11.3 Å². The van der Waals surface area contributed by atoms with Crippen molar-refractivity contribution < 1.29 is 22.8 Å². The highest BCUT2D eigenvalue weighted by Gasteiger charge is 2.32. The molecule has 2 rings (SSSR count). The van der Waals surface area contributed by atoms with Crippen molar-refractivity contribution in [1.82, 2.24) is 15.3 Å². The maximum atomic E-state index is 13.2. The van der Waals surface area contributed by atoms with Gasteiger partial charge < -0.3 is 4.84 Å². The van der Waals surface area contributed by atoms with E-state index in [1.54, 1.807) is 25.5 Å². The lowest BCUT2D eigenvalue weighted by Crippen LogP contribution is -2.38. The Balaban J connectivity index is 2.54. The number of nitrogens with zero attached hydrogens (tertiary/aromatic N) is 3. The number of hydrogen-bond donors (Lipinski definition) is 1. The number of halogens is 3. The first-order valence-corrected chi connectivity index (χ1v) is 11.3. The molecule has 0 saturated carbocycles. The Bertz CT molecular complexity index is 1010. The summed E-state index contributed by atoms with van der Waals surface area (Å²) in [5.74, 6) is -0.928. The van der Waals surface area contributed by atoms with Gasteiger partial charge in [0, 0.05) is 17.5 Å². The zero-order valence-electron chi connectivity index (χ0n) is 19.6. The molecule has 32 heavy (non-hydrogen) atoms. The van der Waals surface area contributed by atoms with Crippen LogP contribution >= 0.6 is 11.3 Å². The molecule has 2 aromatic rings. The predicted molar refractivity (Wildman–Crippen MR) is 119 cm³/mol. The van der Waals surface area contributed by atoms with Gasteiger partial charge in [-0.15, -0.1) is 0 Å². The van der Waals surface area contributed by atoms with Gasteiger partial charge in [-0.2, -0.15) is 28.7 Å². The molecule has 1 heterocycles. The smallest absolute Gasteiger partial charge is 0.407 e. The second-order valence-electron chi connectivity index (χ2n) is 9.60. The zero-order valence-corrected chi connectivity index (χ0v) is 20.4. The number of rotatable bonds is 6. The first kappa shape index (κ1) is 26.1. The average molecular weight is 473 g/mol. The summed E-state index contributed by atoms with van der Waals surface area (Å²) in [7, 11) is 0. The van der Waals surface area contributed by atoms with Crippen LogP contribution in [0.15, 0.2) is 23.2 Å². The van der Waals surface area contributed by atoms with Gasteiger partial charge in [-0.25, -0.2) is 4.68 Å². The van der Waals surface area contributed by atoms with Gasteiger partial charge in [-0.3, -0.25) is 4.79 Å². The molecule has 0 spiro atoms. The van der Waals surface area contributed by atoms with E-state index in [1.807, 2.05) is 27.7 Å². The molecule has 0 aliphatic heterocycles. The van der Waals surface area contributed by atoms with E-state index in [4.69, 9.17) is 4.84 Å². The van der Waals surface area contributed by atoms with E-state index >= 15 is 0 Å². The molecule has 0 aliphatic carbocycles. The van der Waals surface area contributed by atoms with Crippen LogP contribution in [0.5, 0.6) is 5.75 Å². The molecular formula is C22H31F3N4O2S. The lowest BCUT2D eigenvalue weighted by Gasteiger charge is -2.21. The van der Waals surface area contributed by atoms with Crippen LogP contribution in [0, 0.1) is 0 Å². The number of alkyl halides is 3. The summed E-state index contributed by atoms with van der Waals surface area (Å²) in [6.07, 6.45) is -2.77. The summed E-state index contributed by atoms with van der Waals surface area (Å²) >= 11 is 1.30. The molecule has 0 unspecified atom stereocenters.